The molecular formula is C17H10Cl2N2O4. The zero-order chi connectivity index (χ0) is 18.1. The molecule has 0 aliphatic carbocycles. The van der Waals surface area contributed by atoms with Crippen molar-refractivity contribution < 1.29 is 14.5 Å². The number of cyclic esters (lactones) is 1. The fraction of sp³-hybridized carbons (Fsp3) is 0.0588. The standard InChI is InChI=1S/C17H10Cl2N2O4/c1-9-12(3-2-4-15(9)21(23)24)16-20-14(17(22)25-16)7-10-5-6-11(18)8-13(10)19/h2-8H,1H3/b14-7-. The van der Waals surface area contributed by atoms with Gasteiger partial charge in [0.15, 0.2) is 5.70 Å². The van der Waals surface area contributed by atoms with Gasteiger partial charge in [0.05, 0.1) is 4.92 Å². The first-order chi connectivity index (χ1) is 11.9. The van der Waals surface area contributed by atoms with Gasteiger partial charge < -0.3 is 4.74 Å². The molecule has 126 valence electrons. The molecule has 0 atom stereocenters. The van der Waals surface area contributed by atoms with Crippen LogP contribution in [-0.4, -0.2) is 16.8 Å². The molecule has 1 aliphatic heterocycles. The number of hydrogen-bond donors (Lipinski definition) is 0. The molecule has 0 aromatic heterocycles. The molecule has 0 amide bonds. The summed E-state index contributed by atoms with van der Waals surface area (Å²) in [7, 11) is 0. The summed E-state index contributed by atoms with van der Waals surface area (Å²) in [5, 5.41) is 11.9. The zero-order valence-electron chi connectivity index (χ0n) is 12.8. The summed E-state index contributed by atoms with van der Waals surface area (Å²) < 4.78 is 5.16. The minimum atomic E-state index is -0.660. The van der Waals surface area contributed by atoms with Gasteiger partial charge in [0.2, 0.25) is 5.90 Å². The van der Waals surface area contributed by atoms with Crippen LogP contribution >= 0.6 is 23.2 Å². The Kier molecular flexibility index (Phi) is 4.57. The molecule has 1 heterocycles. The first-order valence-corrected chi connectivity index (χ1v) is 7.84. The van der Waals surface area contributed by atoms with E-state index < -0.39 is 10.9 Å². The number of ether oxygens (including phenoxy) is 1. The third-order valence-electron chi connectivity index (χ3n) is 3.61. The second-order valence-corrected chi connectivity index (χ2v) is 6.05. The van der Waals surface area contributed by atoms with Crippen LogP contribution in [0.15, 0.2) is 47.1 Å². The van der Waals surface area contributed by atoms with Gasteiger partial charge >= 0.3 is 5.97 Å². The predicted octanol–water partition coefficient (Wildman–Crippen LogP) is 4.55. The molecule has 6 nitrogen and oxygen atoms in total. The number of nitro groups is 1. The van der Waals surface area contributed by atoms with Crippen molar-refractivity contribution in [3.05, 3.63) is 78.9 Å². The van der Waals surface area contributed by atoms with Crippen molar-refractivity contribution in [3.8, 4) is 0 Å². The van der Waals surface area contributed by atoms with Gasteiger partial charge in [0.1, 0.15) is 0 Å². The number of nitro benzene ring substituents is 1. The number of carbonyl (C=O) groups excluding carboxylic acids is 1. The maximum absolute atomic E-state index is 12.1. The van der Waals surface area contributed by atoms with Crippen LogP contribution in [0.25, 0.3) is 6.08 Å². The number of nitrogens with zero attached hydrogens (tertiary/aromatic N) is 2. The lowest BCUT2D eigenvalue weighted by atomic mass is 10.1. The monoisotopic (exact) mass is 376 g/mol. The molecule has 0 spiro atoms. The van der Waals surface area contributed by atoms with Crippen molar-refractivity contribution in [2.45, 2.75) is 6.92 Å². The lowest BCUT2D eigenvalue weighted by Gasteiger charge is -2.04. The SMILES string of the molecule is Cc1c(C2=N/C(=C\c3ccc(Cl)cc3Cl)C(=O)O2)cccc1[N+](=O)[O-]. The van der Waals surface area contributed by atoms with Crippen molar-refractivity contribution in [3.63, 3.8) is 0 Å². The van der Waals surface area contributed by atoms with Gasteiger partial charge in [-0.05, 0) is 36.8 Å². The lowest BCUT2D eigenvalue weighted by molar-refractivity contribution is -0.385. The molecule has 0 N–H and O–H groups in total. The highest BCUT2D eigenvalue weighted by atomic mass is 35.5. The van der Waals surface area contributed by atoms with E-state index in [9.17, 15) is 14.9 Å². The van der Waals surface area contributed by atoms with Gasteiger partial charge in [-0.1, -0.05) is 35.3 Å². The molecule has 25 heavy (non-hydrogen) atoms. The highest BCUT2D eigenvalue weighted by Crippen LogP contribution is 2.28. The van der Waals surface area contributed by atoms with E-state index in [1.807, 2.05) is 0 Å². The Morgan fingerprint density at radius 3 is 2.68 bits per heavy atom. The van der Waals surface area contributed by atoms with E-state index in [0.717, 1.165) is 0 Å². The van der Waals surface area contributed by atoms with Crippen LogP contribution in [-0.2, 0) is 9.53 Å². The molecule has 3 rings (SSSR count). The van der Waals surface area contributed by atoms with E-state index in [2.05, 4.69) is 4.99 Å². The molecule has 0 unspecified atom stereocenters. The Morgan fingerprint density at radius 2 is 2.00 bits per heavy atom. The van der Waals surface area contributed by atoms with Crippen molar-refractivity contribution in [2.75, 3.05) is 0 Å². The Bertz CT molecular complexity index is 967. The molecule has 0 saturated carbocycles. The zero-order valence-corrected chi connectivity index (χ0v) is 14.3. The topological polar surface area (TPSA) is 81.8 Å². The Labute approximate surface area is 152 Å². The van der Waals surface area contributed by atoms with Crippen LogP contribution < -0.4 is 0 Å². The molecule has 0 saturated heterocycles. The normalized spacial score (nSPS) is 15.2. The van der Waals surface area contributed by atoms with Crippen molar-refractivity contribution >= 4 is 46.8 Å². The smallest absolute Gasteiger partial charge is 0.363 e. The van der Waals surface area contributed by atoms with Crippen molar-refractivity contribution in [2.24, 2.45) is 4.99 Å². The number of carbonyl (C=O) groups is 1. The van der Waals surface area contributed by atoms with Gasteiger partial charge in [0.25, 0.3) is 5.69 Å². The summed E-state index contributed by atoms with van der Waals surface area (Å²) >= 11 is 11.9. The van der Waals surface area contributed by atoms with E-state index in [4.69, 9.17) is 27.9 Å². The minimum absolute atomic E-state index is 0.0162. The molecule has 0 fully saturated rings. The van der Waals surface area contributed by atoms with Gasteiger partial charge in [-0.25, -0.2) is 9.79 Å². The fourth-order valence-electron chi connectivity index (χ4n) is 2.34. The Hall–Kier alpha value is -2.70. The number of benzene rings is 2. The van der Waals surface area contributed by atoms with E-state index in [1.165, 1.54) is 18.2 Å². The van der Waals surface area contributed by atoms with Crippen LogP contribution in [0.5, 0.6) is 0 Å². The number of halogens is 2. The van der Waals surface area contributed by atoms with Crippen molar-refractivity contribution in [1.82, 2.24) is 0 Å². The maximum atomic E-state index is 12.1. The van der Waals surface area contributed by atoms with E-state index in [0.29, 0.717) is 26.7 Å². The van der Waals surface area contributed by atoms with Gasteiger partial charge in [-0.15, -0.1) is 0 Å². The largest absolute Gasteiger partial charge is 0.402 e. The molecule has 2 aromatic rings. The fourth-order valence-corrected chi connectivity index (χ4v) is 2.81. The summed E-state index contributed by atoms with van der Waals surface area (Å²) in [6, 6.07) is 9.32. The quantitative estimate of drug-likeness (QED) is 0.340. The number of esters is 1. The van der Waals surface area contributed by atoms with Crippen LogP contribution in [0, 0.1) is 17.0 Å². The Balaban J connectivity index is 2.02. The molecular weight excluding hydrogens is 367 g/mol. The third-order valence-corrected chi connectivity index (χ3v) is 4.17. The average molecular weight is 377 g/mol. The molecule has 8 heteroatoms. The molecule has 0 bridgehead atoms. The second kappa shape index (κ2) is 6.66. The number of rotatable bonds is 3. The first-order valence-electron chi connectivity index (χ1n) is 7.09. The summed E-state index contributed by atoms with van der Waals surface area (Å²) in [6.45, 7) is 1.57. The Morgan fingerprint density at radius 1 is 1.24 bits per heavy atom. The minimum Gasteiger partial charge on any atom is -0.402 e. The summed E-state index contributed by atoms with van der Waals surface area (Å²) in [5.41, 5.74) is 1.27. The summed E-state index contributed by atoms with van der Waals surface area (Å²) in [6.07, 6.45) is 1.47. The highest BCUT2D eigenvalue weighted by molar-refractivity contribution is 6.35. The van der Waals surface area contributed by atoms with Crippen LogP contribution in [0.1, 0.15) is 16.7 Å². The number of hydrogen-bond acceptors (Lipinski definition) is 5. The van der Waals surface area contributed by atoms with Gasteiger partial charge in [0, 0.05) is 27.2 Å². The third kappa shape index (κ3) is 3.40. The van der Waals surface area contributed by atoms with Gasteiger partial charge in [-0.3, -0.25) is 10.1 Å². The van der Waals surface area contributed by atoms with Crippen LogP contribution in [0.3, 0.4) is 0 Å². The lowest BCUT2D eigenvalue weighted by Crippen LogP contribution is -2.08. The first kappa shape index (κ1) is 17.1. The summed E-state index contributed by atoms with van der Waals surface area (Å²) in [4.78, 5) is 26.8. The molecule has 1 aliphatic rings. The van der Waals surface area contributed by atoms with E-state index in [-0.39, 0.29) is 17.3 Å². The van der Waals surface area contributed by atoms with Crippen LogP contribution in [0.4, 0.5) is 5.69 Å². The van der Waals surface area contributed by atoms with Gasteiger partial charge in [-0.2, -0.15) is 0 Å². The van der Waals surface area contributed by atoms with Crippen LogP contribution in [0.2, 0.25) is 10.0 Å². The van der Waals surface area contributed by atoms with E-state index >= 15 is 0 Å². The molecule has 0 radical (unpaired) electrons. The van der Waals surface area contributed by atoms with Crippen molar-refractivity contribution in [1.29, 1.82) is 0 Å². The van der Waals surface area contributed by atoms with E-state index in [1.54, 1.807) is 31.2 Å². The predicted molar refractivity (Wildman–Crippen MR) is 94.9 cm³/mol. The number of aliphatic imine (C=N–C) groups is 1. The maximum Gasteiger partial charge on any atom is 0.363 e. The average Bonchev–Trinajstić information content (AvgIpc) is 2.90. The second-order valence-electron chi connectivity index (χ2n) is 5.21. The molecule has 2 aromatic carbocycles. The summed E-state index contributed by atoms with van der Waals surface area (Å²) in [5.74, 6) is -0.644. The highest BCUT2D eigenvalue weighted by Gasteiger charge is 2.27.